The largest absolute Gasteiger partial charge is 0.452 e. The second kappa shape index (κ2) is 20.4. The quantitative estimate of drug-likeness (QED) is 0.0638. The standard InChI is InChI=1S/C26H38O14S/c1-7-17(3)24(32)40-26(14-27,10-20(28)36-15-38-23(31)18(4)13-41-6)9-19(8-2)25(33)39-16-37-22(30)12-35-21(29)11-34-5/h7,14,18-19H,8-13,15-16H2,1-6H3/b17-7+. The predicted octanol–water partition coefficient (Wildman–Crippen LogP) is 1.52. The number of carbonyl (C=O) groups excluding carboxylic acids is 7. The lowest BCUT2D eigenvalue weighted by Gasteiger charge is -2.30. The van der Waals surface area contributed by atoms with Crippen molar-refractivity contribution in [3.05, 3.63) is 11.6 Å². The fraction of sp³-hybridized carbons (Fsp3) is 0.654. The third-order valence-corrected chi connectivity index (χ3v) is 6.24. The normalized spacial score (nSPS) is 14.0. The summed E-state index contributed by atoms with van der Waals surface area (Å²) in [5, 5.41) is 0. The van der Waals surface area contributed by atoms with Crippen molar-refractivity contribution in [2.75, 3.05) is 45.9 Å². The minimum atomic E-state index is -2.14. The van der Waals surface area contributed by atoms with E-state index in [0.717, 1.165) is 0 Å². The van der Waals surface area contributed by atoms with Crippen LogP contribution < -0.4 is 0 Å². The van der Waals surface area contributed by atoms with Crippen molar-refractivity contribution in [3.8, 4) is 0 Å². The molecule has 0 saturated carbocycles. The van der Waals surface area contributed by atoms with Crippen LogP contribution in [0.3, 0.4) is 0 Å². The summed E-state index contributed by atoms with van der Waals surface area (Å²) in [6, 6.07) is 0. The Balaban J connectivity index is 5.37. The van der Waals surface area contributed by atoms with Crippen LogP contribution in [0.4, 0.5) is 0 Å². The Hall–Kier alpha value is -3.46. The molecular formula is C26H38O14S. The Kier molecular flexibility index (Phi) is 18.7. The van der Waals surface area contributed by atoms with Crippen LogP contribution in [0.1, 0.15) is 47.0 Å². The number of thioether (sulfide) groups is 1. The van der Waals surface area contributed by atoms with Crippen LogP contribution >= 0.6 is 11.8 Å². The number of ether oxygens (including phenoxy) is 7. The van der Waals surface area contributed by atoms with Crippen molar-refractivity contribution < 1.29 is 66.7 Å². The average Bonchev–Trinajstić information content (AvgIpc) is 2.94. The van der Waals surface area contributed by atoms with Crippen LogP contribution in [0.25, 0.3) is 0 Å². The van der Waals surface area contributed by atoms with Gasteiger partial charge in [-0.15, -0.1) is 0 Å². The first-order chi connectivity index (χ1) is 19.4. The van der Waals surface area contributed by atoms with Crippen molar-refractivity contribution in [2.24, 2.45) is 11.8 Å². The van der Waals surface area contributed by atoms with Crippen molar-refractivity contribution in [1.82, 2.24) is 0 Å². The van der Waals surface area contributed by atoms with Gasteiger partial charge in [0.1, 0.15) is 6.61 Å². The van der Waals surface area contributed by atoms with E-state index in [1.165, 1.54) is 31.9 Å². The molecule has 0 rings (SSSR count). The first-order valence-corrected chi connectivity index (χ1v) is 13.9. The summed E-state index contributed by atoms with van der Waals surface area (Å²) in [6.07, 6.45) is 2.27. The van der Waals surface area contributed by atoms with Gasteiger partial charge in [0.15, 0.2) is 18.5 Å². The van der Waals surface area contributed by atoms with Gasteiger partial charge < -0.3 is 33.2 Å². The van der Waals surface area contributed by atoms with Crippen molar-refractivity contribution in [3.63, 3.8) is 0 Å². The van der Waals surface area contributed by atoms with Gasteiger partial charge in [0.2, 0.25) is 13.6 Å². The Morgan fingerprint density at radius 1 is 0.878 bits per heavy atom. The molecule has 0 bridgehead atoms. The highest BCUT2D eigenvalue weighted by atomic mass is 32.2. The zero-order valence-electron chi connectivity index (χ0n) is 24.1. The number of allylic oxidation sites excluding steroid dienone is 1. The van der Waals surface area contributed by atoms with Crippen molar-refractivity contribution >= 4 is 53.9 Å². The highest BCUT2D eigenvalue weighted by Crippen LogP contribution is 2.28. The number of carbonyl (C=O) groups is 7. The lowest BCUT2D eigenvalue weighted by molar-refractivity contribution is -0.182. The van der Waals surface area contributed by atoms with Crippen molar-refractivity contribution in [2.45, 2.75) is 52.6 Å². The second-order valence-corrected chi connectivity index (χ2v) is 9.59. The number of rotatable bonds is 20. The van der Waals surface area contributed by atoms with E-state index in [4.69, 9.17) is 18.9 Å². The summed E-state index contributed by atoms with van der Waals surface area (Å²) < 4.78 is 33.9. The Morgan fingerprint density at radius 2 is 1.46 bits per heavy atom. The van der Waals surface area contributed by atoms with E-state index in [2.05, 4.69) is 14.2 Å². The van der Waals surface area contributed by atoms with Crippen LogP contribution in [-0.4, -0.2) is 93.6 Å². The van der Waals surface area contributed by atoms with Crippen LogP contribution in [0.5, 0.6) is 0 Å². The second-order valence-electron chi connectivity index (χ2n) is 8.68. The summed E-state index contributed by atoms with van der Waals surface area (Å²) >= 11 is 1.43. The lowest BCUT2D eigenvalue weighted by atomic mass is 9.87. The van der Waals surface area contributed by atoms with Gasteiger partial charge in [-0.2, -0.15) is 11.8 Å². The number of methoxy groups -OCH3 is 1. The highest BCUT2D eigenvalue weighted by molar-refractivity contribution is 7.98. The van der Waals surface area contributed by atoms with E-state index >= 15 is 0 Å². The van der Waals surface area contributed by atoms with Gasteiger partial charge in [-0.05, 0) is 26.5 Å². The average molecular weight is 607 g/mol. The molecule has 0 aliphatic heterocycles. The maximum Gasteiger partial charge on any atom is 0.347 e. The van der Waals surface area contributed by atoms with Crippen molar-refractivity contribution in [1.29, 1.82) is 0 Å². The smallest absolute Gasteiger partial charge is 0.347 e. The predicted molar refractivity (Wildman–Crippen MR) is 142 cm³/mol. The zero-order chi connectivity index (χ0) is 31.4. The SMILES string of the molecule is C/C=C(\C)C(=O)OC(C=O)(CC(=O)OCOC(=O)C(C)CSC)CC(CC)C(=O)OCOC(=O)COC(=O)COC. The molecule has 0 aliphatic rings. The molecule has 232 valence electrons. The molecule has 0 aromatic rings. The third-order valence-electron chi connectivity index (χ3n) is 5.40. The Morgan fingerprint density at radius 3 is 2.00 bits per heavy atom. The van der Waals surface area contributed by atoms with Crippen LogP contribution in [0, 0.1) is 11.8 Å². The molecule has 0 spiro atoms. The number of esters is 6. The van der Waals surface area contributed by atoms with Gasteiger partial charge in [0.25, 0.3) is 0 Å². The van der Waals surface area contributed by atoms with Crippen LogP contribution in [0.15, 0.2) is 11.6 Å². The fourth-order valence-corrected chi connectivity index (χ4v) is 3.61. The summed E-state index contributed by atoms with van der Waals surface area (Å²) in [4.78, 5) is 84.8. The first kappa shape index (κ1) is 37.5. The van der Waals surface area contributed by atoms with Crippen LogP contribution in [-0.2, 0) is 66.7 Å². The molecule has 0 aromatic heterocycles. The van der Waals surface area contributed by atoms with E-state index in [9.17, 15) is 33.6 Å². The molecule has 0 fully saturated rings. The summed E-state index contributed by atoms with van der Waals surface area (Å²) in [6.45, 7) is 3.55. The fourth-order valence-electron chi connectivity index (χ4n) is 2.98. The molecule has 3 unspecified atom stereocenters. The molecule has 3 atom stereocenters. The van der Waals surface area contributed by atoms with E-state index in [1.54, 1.807) is 20.8 Å². The van der Waals surface area contributed by atoms with E-state index in [-0.39, 0.29) is 24.9 Å². The zero-order valence-corrected chi connectivity index (χ0v) is 24.9. The molecule has 0 saturated heterocycles. The van der Waals surface area contributed by atoms with Gasteiger partial charge in [-0.1, -0.05) is 19.9 Å². The van der Waals surface area contributed by atoms with Crippen LogP contribution in [0.2, 0.25) is 0 Å². The maximum atomic E-state index is 12.7. The molecule has 41 heavy (non-hydrogen) atoms. The van der Waals surface area contributed by atoms with E-state index in [0.29, 0.717) is 5.75 Å². The molecule has 0 aliphatic carbocycles. The summed E-state index contributed by atoms with van der Waals surface area (Å²) in [5.74, 6) is -6.30. The van der Waals surface area contributed by atoms with E-state index < -0.39 is 86.3 Å². The van der Waals surface area contributed by atoms with E-state index in [1.807, 2.05) is 6.26 Å². The molecule has 0 amide bonds. The molecule has 0 aromatic carbocycles. The molecule has 15 heteroatoms. The number of hydrogen-bond acceptors (Lipinski definition) is 15. The van der Waals surface area contributed by atoms with Gasteiger partial charge in [0, 0.05) is 24.9 Å². The molecule has 14 nitrogen and oxygen atoms in total. The Bertz CT molecular complexity index is 946. The van der Waals surface area contributed by atoms with Gasteiger partial charge in [-0.3, -0.25) is 19.2 Å². The minimum Gasteiger partial charge on any atom is -0.452 e. The first-order valence-electron chi connectivity index (χ1n) is 12.5. The molecular weight excluding hydrogens is 568 g/mol. The number of hydrogen-bond donors (Lipinski definition) is 0. The Labute approximate surface area is 242 Å². The lowest BCUT2D eigenvalue weighted by Crippen LogP contribution is -2.43. The molecule has 0 N–H and O–H groups in total. The molecule has 0 heterocycles. The maximum absolute atomic E-state index is 12.7. The topological polar surface area (TPSA) is 184 Å². The molecule has 0 radical (unpaired) electrons. The minimum absolute atomic E-state index is 0.0805. The third kappa shape index (κ3) is 15.2. The summed E-state index contributed by atoms with van der Waals surface area (Å²) in [5.41, 5.74) is -2.00. The highest BCUT2D eigenvalue weighted by Gasteiger charge is 2.42. The number of aldehydes is 1. The van der Waals surface area contributed by atoms with Gasteiger partial charge >= 0.3 is 35.8 Å². The van der Waals surface area contributed by atoms with Gasteiger partial charge in [0.05, 0.1) is 18.3 Å². The summed E-state index contributed by atoms with van der Waals surface area (Å²) in [7, 11) is 1.26. The van der Waals surface area contributed by atoms with Gasteiger partial charge in [-0.25, -0.2) is 14.4 Å². The monoisotopic (exact) mass is 606 g/mol.